The molecule has 2 heterocycles. The van der Waals surface area contributed by atoms with Crippen LogP contribution in [0.3, 0.4) is 0 Å². The van der Waals surface area contributed by atoms with Crippen molar-refractivity contribution in [3.05, 3.63) is 30.1 Å². The Morgan fingerprint density at radius 3 is 3.00 bits per heavy atom. The number of benzene rings is 1. The number of hydrogen-bond acceptors (Lipinski definition) is 5. The van der Waals surface area contributed by atoms with Gasteiger partial charge in [0.15, 0.2) is 0 Å². The number of aromatic nitrogens is 2. The summed E-state index contributed by atoms with van der Waals surface area (Å²) >= 11 is 0. The second-order valence-electron chi connectivity index (χ2n) is 6.17. The maximum absolute atomic E-state index is 12.2. The molecule has 2 aromatic rings. The molecule has 0 radical (unpaired) electrons. The third kappa shape index (κ3) is 2.51. The van der Waals surface area contributed by atoms with Crippen LogP contribution in [0.15, 0.2) is 24.5 Å². The van der Waals surface area contributed by atoms with Crippen LogP contribution in [-0.4, -0.2) is 35.6 Å². The van der Waals surface area contributed by atoms with Gasteiger partial charge in [0, 0.05) is 18.5 Å². The molecule has 3 rings (SSSR count). The molecule has 0 saturated carbocycles. The zero-order valence-electron chi connectivity index (χ0n) is 13.3. The minimum Gasteiger partial charge on any atom is -0.466 e. The zero-order chi connectivity index (χ0) is 15.7. The molecule has 1 aliphatic heterocycles. The summed E-state index contributed by atoms with van der Waals surface area (Å²) in [6.07, 6.45) is 2.37. The molecular weight excluding hydrogens is 278 g/mol. The summed E-state index contributed by atoms with van der Waals surface area (Å²) in [4.78, 5) is 23.1. The molecule has 1 atom stereocenters. The van der Waals surface area contributed by atoms with Crippen molar-refractivity contribution in [3.8, 4) is 0 Å². The quantitative estimate of drug-likeness (QED) is 0.816. The van der Waals surface area contributed by atoms with Crippen LogP contribution in [0.1, 0.15) is 25.8 Å². The lowest BCUT2D eigenvalue weighted by atomic mass is 9.90. The third-order valence-corrected chi connectivity index (χ3v) is 4.31. The van der Waals surface area contributed by atoms with Gasteiger partial charge in [0.2, 0.25) is 0 Å². The highest BCUT2D eigenvalue weighted by molar-refractivity contribution is 5.90. The molecule has 116 valence electrons. The van der Waals surface area contributed by atoms with Crippen molar-refractivity contribution in [2.45, 2.75) is 27.2 Å². The molecule has 0 aliphatic carbocycles. The SMILES string of the molecule is CCOC(=O)C1(C)CCN(c2ncnc3ccc(C)cc23)C1. The molecular formula is C17H21N3O2. The van der Waals surface area contributed by atoms with Gasteiger partial charge in [-0.15, -0.1) is 0 Å². The maximum atomic E-state index is 12.2. The van der Waals surface area contributed by atoms with Crippen molar-refractivity contribution < 1.29 is 9.53 Å². The number of ether oxygens (including phenoxy) is 1. The molecule has 22 heavy (non-hydrogen) atoms. The molecule has 1 saturated heterocycles. The Hall–Kier alpha value is -2.17. The lowest BCUT2D eigenvalue weighted by molar-refractivity contribution is -0.153. The summed E-state index contributed by atoms with van der Waals surface area (Å²) in [5.41, 5.74) is 1.65. The van der Waals surface area contributed by atoms with Gasteiger partial charge < -0.3 is 9.64 Å². The Morgan fingerprint density at radius 2 is 2.23 bits per heavy atom. The molecule has 0 amide bonds. The molecule has 0 bridgehead atoms. The van der Waals surface area contributed by atoms with E-state index in [-0.39, 0.29) is 5.97 Å². The molecule has 1 aromatic heterocycles. The fourth-order valence-electron chi connectivity index (χ4n) is 3.02. The normalized spacial score (nSPS) is 21.3. The van der Waals surface area contributed by atoms with Crippen molar-refractivity contribution in [3.63, 3.8) is 0 Å². The van der Waals surface area contributed by atoms with E-state index < -0.39 is 5.41 Å². The Balaban J connectivity index is 1.93. The van der Waals surface area contributed by atoms with Gasteiger partial charge >= 0.3 is 5.97 Å². The van der Waals surface area contributed by atoms with Crippen molar-refractivity contribution in [1.82, 2.24) is 9.97 Å². The number of nitrogens with zero attached hydrogens (tertiary/aromatic N) is 3. The Kier molecular flexibility index (Phi) is 3.72. The molecule has 5 heteroatoms. The highest BCUT2D eigenvalue weighted by Crippen LogP contribution is 2.36. The molecule has 5 nitrogen and oxygen atoms in total. The predicted molar refractivity (Wildman–Crippen MR) is 85.8 cm³/mol. The van der Waals surface area contributed by atoms with Crippen molar-refractivity contribution in [1.29, 1.82) is 0 Å². The number of aryl methyl sites for hydroxylation is 1. The number of hydrogen-bond donors (Lipinski definition) is 0. The summed E-state index contributed by atoms with van der Waals surface area (Å²) < 4.78 is 5.22. The molecule has 0 spiro atoms. The van der Waals surface area contributed by atoms with Crippen LogP contribution in [0.2, 0.25) is 0 Å². The Morgan fingerprint density at radius 1 is 1.41 bits per heavy atom. The molecule has 1 unspecified atom stereocenters. The van der Waals surface area contributed by atoms with Crippen molar-refractivity contribution in [2.75, 3.05) is 24.6 Å². The van der Waals surface area contributed by atoms with Crippen LogP contribution < -0.4 is 4.90 Å². The highest BCUT2D eigenvalue weighted by atomic mass is 16.5. The summed E-state index contributed by atoms with van der Waals surface area (Å²) in [5.74, 6) is 0.786. The smallest absolute Gasteiger partial charge is 0.313 e. The van der Waals surface area contributed by atoms with E-state index >= 15 is 0 Å². The number of rotatable bonds is 3. The van der Waals surface area contributed by atoms with Gasteiger partial charge in [-0.25, -0.2) is 9.97 Å². The first kappa shape index (κ1) is 14.8. The maximum Gasteiger partial charge on any atom is 0.313 e. The van der Waals surface area contributed by atoms with Gasteiger partial charge in [-0.05, 0) is 39.3 Å². The van der Waals surface area contributed by atoms with Gasteiger partial charge in [0.25, 0.3) is 0 Å². The minimum absolute atomic E-state index is 0.118. The third-order valence-electron chi connectivity index (χ3n) is 4.31. The second-order valence-corrected chi connectivity index (χ2v) is 6.17. The zero-order valence-corrected chi connectivity index (χ0v) is 13.3. The fourth-order valence-corrected chi connectivity index (χ4v) is 3.02. The molecule has 1 aromatic carbocycles. The number of esters is 1. The van der Waals surface area contributed by atoms with E-state index in [2.05, 4.69) is 27.9 Å². The Bertz CT molecular complexity index is 716. The molecule has 1 fully saturated rings. The van der Waals surface area contributed by atoms with E-state index in [0.717, 1.165) is 29.7 Å². The first-order valence-corrected chi connectivity index (χ1v) is 7.67. The van der Waals surface area contributed by atoms with Crippen LogP contribution in [0.25, 0.3) is 10.9 Å². The van der Waals surface area contributed by atoms with E-state index in [1.165, 1.54) is 5.56 Å². The summed E-state index contributed by atoms with van der Waals surface area (Å²) in [5, 5.41) is 1.04. The standard InChI is InChI=1S/C17H21N3O2/c1-4-22-16(21)17(3)7-8-20(10-17)15-13-9-12(2)5-6-14(13)18-11-19-15/h5-6,9,11H,4,7-8,10H2,1-3H3. The van der Waals surface area contributed by atoms with E-state index in [1.807, 2.05) is 26.0 Å². The second kappa shape index (κ2) is 5.55. The lowest BCUT2D eigenvalue weighted by Gasteiger charge is -2.23. The van der Waals surface area contributed by atoms with Gasteiger partial charge in [-0.2, -0.15) is 0 Å². The largest absolute Gasteiger partial charge is 0.466 e. The number of fused-ring (bicyclic) bond motifs is 1. The molecule has 1 aliphatic rings. The van der Waals surface area contributed by atoms with E-state index in [1.54, 1.807) is 6.33 Å². The predicted octanol–water partition coefficient (Wildman–Crippen LogP) is 2.72. The average molecular weight is 299 g/mol. The van der Waals surface area contributed by atoms with Crippen LogP contribution >= 0.6 is 0 Å². The van der Waals surface area contributed by atoms with Crippen LogP contribution in [-0.2, 0) is 9.53 Å². The number of anilines is 1. The van der Waals surface area contributed by atoms with E-state index in [0.29, 0.717) is 13.2 Å². The first-order valence-electron chi connectivity index (χ1n) is 7.67. The van der Waals surface area contributed by atoms with Crippen LogP contribution in [0, 0.1) is 12.3 Å². The van der Waals surface area contributed by atoms with Gasteiger partial charge in [-0.1, -0.05) is 11.6 Å². The number of carbonyl (C=O) groups excluding carboxylic acids is 1. The monoisotopic (exact) mass is 299 g/mol. The van der Waals surface area contributed by atoms with Gasteiger partial charge in [0.1, 0.15) is 12.1 Å². The van der Waals surface area contributed by atoms with Crippen molar-refractivity contribution >= 4 is 22.7 Å². The topological polar surface area (TPSA) is 55.3 Å². The number of carbonyl (C=O) groups is 1. The summed E-state index contributed by atoms with van der Waals surface area (Å²) in [6, 6.07) is 6.16. The van der Waals surface area contributed by atoms with Crippen LogP contribution in [0.4, 0.5) is 5.82 Å². The highest BCUT2D eigenvalue weighted by Gasteiger charge is 2.42. The fraction of sp³-hybridized carbons (Fsp3) is 0.471. The molecule has 0 N–H and O–H groups in total. The van der Waals surface area contributed by atoms with E-state index in [4.69, 9.17) is 4.74 Å². The first-order chi connectivity index (χ1) is 10.5. The van der Waals surface area contributed by atoms with Crippen molar-refractivity contribution in [2.24, 2.45) is 5.41 Å². The summed E-state index contributed by atoms with van der Waals surface area (Å²) in [6.45, 7) is 7.72. The van der Waals surface area contributed by atoms with Crippen LogP contribution in [0.5, 0.6) is 0 Å². The average Bonchev–Trinajstić information content (AvgIpc) is 2.90. The Labute approximate surface area is 130 Å². The summed E-state index contributed by atoms with van der Waals surface area (Å²) in [7, 11) is 0. The minimum atomic E-state index is -0.461. The van der Waals surface area contributed by atoms with Gasteiger partial charge in [0.05, 0.1) is 17.5 Å². The lowest BCUT2D eigenvalue weighted by Crippen LogP contribution is -2.33. The van der Waals surface area contributed by atoms with Gasteiger partial charge in [-0.3, -0.25) is 4.79 Å². The van der Waals surface area contributed by atoms with E-state index in [9.17, 15) is 4.79 Å².